The first kappa shape index (κ1) is 21.8. The van der Waals surface area contributed by atoms with E-state index in [0.717, 1.165) is 0 Å². The molecule has 31 heavy (non-hydrogen) atoms. The van der Waals surface area contributed by atoms with Gasteiger partial charge in [-0.1, -0.05) is 12.1 Å². The van der Waals surface area contributed by atoms with E-state index in [1.807, 2.05) is 0 Å². The Morgan fingerprint density at radius 3 is 2.39 bits per heavy atom. The van der Waals surface area contributed by atoms with Crippen molar-refractivity contribution in [3.8, 4) is 5.75 Å². The smallest absolute Gasteiger partial charge is 0.337 e. The Labute approximate surface area is 178 Å². The number of aryl methyl sites for hydroxylation is 1. The SMILES string of the molecule is COC(=O)c1ccc(NC(=O)Cn2cc(OCc3ccc(F)cc3)c(=O)cc2C)cc1. The number of hydrogen-bond donors (Lipinski definition) is 1. The number of nitrogens with zero attached hydrogens (tertiary/aromatic N) is 1. The molecule has 3 rings (SSSR count). The van der Waals surface area contributed by atoms with Gasteiger partial charge in [-0.2, -0.15) is 0 Å². The third kappa shape index (κ3) is 5.79. The maximum atomic E-state index is 13.0. The molecular formula is C23H21FN2O5. The van der Waals surface area contributed by atoms with Gasteiger partial charge in [-0.25, -0.2) is 9.18 Å². The molecule has 0 saturated carbocycles. The summed E-state index contributed by atoms with van der Waals surface area (Å²) in [5.74, 6) is -1.05. The first-order valence-electron chi connectivity index (χ1n) is 9.42. The van der Waals surface area contributed by atoms with Gasteiger partial charge in [0.2, 0.25) is 11.3 Å². The van der Waals surface area contributed by atoms with Crippen LogP contribution in [0, 0.1) is 12.7 Å². The monoisotopic (exact) mass is 424 g/mol. The minimum absolute atomic E-state index is 0.0439. The second kappa shape index (κ2) is 9.71. The molecule has 0 saturated heterocycles. The van der Waals surface area contributed by atoms with Crippen molar-refractivity contribution in [2.24, 2.45) is 0 Å². The lowest BCUT2D eigenvalue weighted by Crippen LogP contribution is -2.22. The van der Waals surface area contributed by atoms with Crippen LogP contribution in [0.5, 0.6) is 5.75 Å². The van der Waals surface area contributed by atoms with E-state index in [4.69, 9.17) is 4.74 Å². The van der Waals surface area contributed by atoms with Crippen LogP contribution in [0.1, 0.15) is 21.6 Å². The maximum Gasteiger partial charge on any atom is 0.337 e. The van der Waals surface area contributed by atoms with Crippen LogP contribution in [0.3, 0.4) is 0 Å². The highest BCUT2D eigenvalue weighted by atomic mass is 19.1. The quantitative estimate of drug-likeness (QED) is 0.588. The van der Waals surface area contributed by atoms with Crippen LogP contribution in [0.4, 0.5) is 10.1 Å². The Hall–Kier alpha value is -3.94. The fourth-order valence-electron chi connectivity index (χ4n) is 2.83. The Balaban J connectivity index is 1.67. The molecule has 0 unspecified atom stereocenters. The summed E-state index contributed by atoms with van der Waals surface area (Å²) in [6.07, 6.45) is 1.47. The van der Waals surface area contributed by atoms with Crippen LogP contribution >= 0.6 is 0 Å². The lowest BCUT2D eigenvalue weighted by molar-refractivity contribution is -0.116. The van der Waals surface area contributed by atoms with Gasteiger partial charge in [0, 0.05) is 17.4 Å². The van der Waals surface area contributed by atoms with E-state index >= 15 is 0 Å². The van der Waals surface area contributed by atoms with E-state index in [0.29, 0.717) is 22.5 Å². The molecule has 2 aromatic carbocycles. The number of benzene rings is 2. The average Bonchev–Trinajstić information content (AvgIpc) is 2.76. The largest absolute Gasteiger partial charge is 0.483 e. The molecule has 0 aliphatic heterocycles. The summed E-state index contributed by atoms with van der Waals surface area (Å²) in [5, 5.41) is 2.73. The Morgan fingerprint density at radius 2 is 1.74 bits per heavy atom. The normalized spacial score (nSPS) is 10.4. The van der Waals surface area contributed by atoms with Gasteiger partial charge in [0.05, 0.1) is 18.9 Å². The Bertz CT molecular complexity index is 1140. The fourth-order valence-corrected chi connectivity index (χ4v) is 2.83. The topological polar surface area (TPSA) is 86.6 Å². The third-order valence-electron chi connectivity index (χ3n) is 4.52. The molecule has 8 heteroatoms. The van der Waals surface area contributed by atoms with Gasteiger partial charge < -0.3 is 19.4 Å². The number of methoxy groups -OCH3 is 1. The third-order valence-corrected chi connectivity index (χ3v) is 4.52. The number of amides is 1. The van der Waals surface area contributed by atoms with E-state index in [-0.39, 0.29) is 36.1 Å². The minimum Gasteiger partial charge on any atom is -0.483 e. The van der Waals surface area contributed by atoms with Gasteiger partial charge in [-0.15, -0.1) is 0 Å². The summed E-state index contributed by atoms with van der Waals surface area (Å²) in [5.41, 5.74) is 1.88. The maximum absolute atomic E-state index is 13.0. The molecule has 1 N–H and O–H groups in total. The molecule has 1 aromatic heterocycles. The molecule has 0 atom stereocenters. The number of anilines is 1. The zero-order valence-electron chi connectivity index (χ0n) is 17.1. The second-order valence-corrected chi connectivity index (χ2v) is 6.80. The van der Waals surface area contributed by atoms with Gasteiger partial charge in [0.1, 0.15) is 19.0 Å². The van der Waals surface area contributed by atoms with Crippen LogP contribution < -0.4 is 15.5 Å². The molecule has 0 aliphatic carbocycles. The molecule has 3 aromatic rings. The molecule has 1 heterocycles. The second-order valence-electron chi connectivity index (χ2n) is 6.80. The zero-order chi connectivity index (χ0) is 22.4. The molecule has 160 valence electrons. The summed E-state index contributed by atoms with van der Waals surface area (Å²) in [6.45, 7) is 1.76. The standard InChI is InChI=1S/C23H21FN2O5/c1-15-11-20(27)21(31-14-16-3-7-18(24)8-4-16)12-26(15)13-22(28)25-19-9-5-17(6-10-19)23(29)30-2/h3-12H,13-14H2,1-2H3,(H,25,28). The summed E-state index contributed by atoms with van der Waals surface area (Å²) in [7, 11) is 1.29. The van der Waals surface area contributed by atoms with Gasteiger partial charge >= 0.3 is 5.97 Å². The number of nitrogens with one attached hydrogen (secondary N) is 1. The number of esters is 1. The van der Waals surface area contributed by atoms with Crippen molar-refractivity contribution < 1.29 is 23.5 Å². The first-order chi connectivity index (χ1) is 14.9. The summed E-state index contributed by atoms with van der Waals surface area (Å²) < 4.78 is 24.8. The van der Waals surface area contributed by atoms with E-state index in [9.17, 15) is 18.8 Å². The zero-order valence-corrected chi connectivity index (χ0v) is 17.1. The van der Waals surface area contributed by atoms with Crippen molar-refractivity contribution >= 4 is 17.6 Å². The molecule has 0 radical (unpaired) electrons. The number of ether oxygens (including phenoxy) is 2. The predicted octanol–water partition coefficient (Wildman–Crippen LogP) is 3.30. The molecule has 0 bridgehead atoms. The summed E-state index contributed by atoms with van der Waals surface area (Å²) in [6, 6.07) is 13.4. The van der Waals surface area contributed by atoms with Crippen LogP contribution in [0.25, 0.3) is 0 Å². The Morgan fingerprint density at radius 1 is 1.06 bits per heavy atom. The van der Waals surface area contributed by atoms with Crippen molar-refractivity contribution in [2.75, 3.05) is 12.4 Å². The highest BCUT2D eigenvalue weighted by molar-refractivity contribution is 5.93. The van der Waals surface area contributed by atoms with Gasteiger partial charge in [0.25, 0.3) is 0 Å². The Kier molecular flexibility index (Phi) is 6.81. The van der Waals surface area contributed by atoms with Crippen molar-refractivity contribution in [1.82, 2.24) is 4.57 Å². The number of aromatic nitrogens is 1. The van der Waals surface area contributed by atoms with Crippen molar-refractivity contribution in [2.45, 2.75) is 20.1 Å². The average molecular weight is 424 g/mol. The number of rotatable bonds is 7. The van der Waals surface area contributed by atoms with E-state index in [1.54, 1.807) is 47.9 Å². The number of hydrogen-bond acceptors (Lipinski definition) is 5. The molecule has 0 aliphatic rings. The summed E-state index contributed by atoms with van der Waals surface area (Å²) in [4.78, 5) is 36.1. The molecule has 7 nitrogen and oxygen atoms in total. The lowest BCUT2D eigenvalue weighted by atomic mass is 10.2. The molecule has 0 fully saturated rings. The minimum atomic E-state index is -0.463. The van der Waals surface area contributed by atoms with Crippen LogP contribution in [-0.4, -0.2) is 23.6 Å². The van der Waals surface area contributed by atoms with Crippen molar-refractivity contribution in [3.05, 3.63) is 93.7 Å². The highest BCUT2D eigenvalue weighted by Crippen LogP contribution is 2.13. The number of halogens is 1. The van der Waals surface area contributed by atoms with Crippen LogP contribution in [0.2, 0.25) is 0 Å². The van der Waals surface area contributed by atoms with Crippen LogP contribution in [-0.2, 0) is 22.7 Å². The number of pyridine rings is 1. The van der Waals surface area contributed by atoms with E-state index < -0.39 is 5.97 Å². The lowest BCUT2D eigenvalue weighted by Gasteiger charge is -2.14. The number of carbonyl (C=O) groups is 2. The van der Waals surface area contributed by atoms with Crippen molar-refractivity contribution in [3.63, 3.8) is 0 Å². The van der Waals surface area contributed by atoms with Gasteiger partial charge in [-0.05, 0) is 48.9 Å². The van der Waals surface area contributed by atoms with Gasteiger partial charge in [-0.3, -0.25) is 9.59 Å². The number of carbonyl (C=O) groups excluding carboxylic acids is 2. The molecule has 1 amide bonds. The molecular weight excluding hydrogens is 403 g/mol. The highest BCUT2D eigenvalue weighted by Gasteiger charge is 2.11. The van der Waals surface area contributed by atoms with E-state index in [2.05, 4.69) is 10.1 Å². The van der Waals surface area contributed by atoms with E-state index in [1.165, 1.54) is 31.5 Å². The predicted molar refractivity (Wildman–Crippen MR) is 113 cm³/mol. The van der Waals surface area contributed by atoms with Crippen LogP contribution in [0.15, 0.2) is 65.6 Å². The first-order valence-corrected chi connectivity index (χ1v) is 9.42. The summed E-state index contributed by atoms with van der Waals surface area (Å²) >= 11 is 0. The van der Waals surface area contributed by atoms with Crippen molar-refractivity contribution in [1.29, 1.82) is 0 Å². The fraction of sp³-hybridized carbons (Fsp3) is 0.174. The van der Waals surface area contributed by atoms with Gasteiger partial charge in [0.15, 0.2) is 5.75 Å². The molecule has 0 spiro atoms.